The summed E-state index contributed by atoms with van der Waals surface area (Å²) in [5.74, 6) is 0.685. The number of benzene rings is 1. The molecule has 2 aliphatic heterocycles. The fourth-order valence-electron chi connectivity index (χ4n) is 3.24. The zero-order valence-corrected chi connectivity index (χ0v) is 10.5. The molecule has 3 heterocycles. The van der Waals surface area contributed by atoms with Gasteiger partial charge in [0.15, 0.2) is 0 Å². The number of nitrogens with one attached hydrogen (secondary N) is 2. The van der Waals surface area contributed by atoms with Crippen LogP contribution in [0.25, 0.3) is 10.9 Å². The first-order valence-electron chi connectivity index (χ1n) is 6.83. The molecular formula is C15H18N2O. The lowest BCUT2D eigenvalue weighted by Gasteiger charge is -2.12. The number of hydrogen-bond acceptors (Lipinski definition) is 2. The fourth-order valence-corrected chi connectivity index (χ4v) is 3.24. The molecule has 2 aliphatic rings. The van der Waals surface area contributed by atoms with E-state index < -0.39 is 0 Å². The van der Waals surface area contributed by atoms with Gasteiger partial charge in [-0.15, -0.1) is 0 Å². The Bertz CT molecular complexity index is 581. The molecule has 94 valence electrons. The van der Waals surface area contributed by atoms with E-state index in [0.29, 0.717) is 5.92 Å². The largest absolute Gasteiger partial charge is 0.376 e. The summed E-state index contributed by atoms with van der Waals surface area (Å²) in [7, 11) is 0. The van der Waals surface area contributed by atoms with Crippen molar-refractivity contribution >= 4 is 10.9 Å². The molecule has 1 atom stereocenters. The van der Waals surface area contributed by atoms with E-state index in [0.717, 1.165) is 32.7 Å². The van der Waals surface area contributed by atoms with Crippen molar-refractivity contribution in [3.05, 3.63) is 35.0 Å². The van der Waals surface area contributed by atoms with Gasteiger partial charge >= 0.3 is 0 Å². The van der Waals surface area contributed by atoms with Crippen LogP contribution in [-0.4, -0.2) is 24.7 Å². The van der Waals surface area contributed by atoms with Crippen molar-refractivity contribution < 1.29 is 4.74 Å². The molecule has 1 saturated heterocycles. The Labute approximate surface area is 107 Å². The first-order chi connectivity index (χ1) is 8.92. The highest BCUT2D eigenvalue weighted by Gasteiger charge is 2.20. The van der Waals surface area contributed by atoms with E-state index in [-0.39, 0.29) is 0 Å². The smallest absolute Gasteiger partial charge is 0.0740 e. The second-order valence-corrected chi connectivity index (χ2v) is 5.38. The van der Waals surface area contributed by atoms with Crippen LogP contribution in [0.3, 0.4) is 0 Å². The lowest BCUT2D eigenvalue weighted by molar-refractivity contribution is 0.111. The molecule has 3 heteroatoms. The van der Waals surface area contributed by atoms with Crippen LogP contribution in [0.1, 0.15) is 29.2 Å². The van der Waals surface area contributed by atoms with Crippen molar-refractivity contribution in [2.24, 2.45) is 0 Å². The van der Waals surface area contributed by atoms with Gasteiger partial charge in [-0.1, -0.05) is 6.07 Å². The molecule has 0 bridgehead atoms. The van der Waals surface area contributed by atoms with Gasteiger partial charge in [-0.3, -0.25) is 0 Å². The second kappa shape index (κ2) is 4.11. The third-order valence-corrected chi connectivity index (χ3v) is 4.29. The van der Waals surface area contributed by atoms with Crippen LogP contribution in [0, 0.1) is 0 Å². The van der Waals surface area contributed by atoms with Crippen molar-refractivity contribution in [1.29, 1.82) is 0 Å². The Morgan fingerprint density at radius 3 is 3.17 bits per heavy atom. The van der Waals surface area contributed by atoms with E-state index in [1.54, 1.807) is 0 Å². The van der Waals surface area contributed by atoms with Crippen LogP contribution < -0.4 is 5.32 Å². The molecule has 1 fully saturated rings. The van der Waals surface area contributed by atoms with E-state index in [1.807, 2.05) is 0 Å². The standard InChI is InChI=1S/C15H18N2O/c1-2-14-12(7-10(1)11-3-5-16-8-11)13-9-18-6-4-15(13)17-14/h1-2,7,11,16-17H,3-6,8-9H2. The van der Waals surface area contributed by atoms with Crippen molar-refractivity contribution in [2.75, 3.05) is 19.7 Å². The normalized spacial score (nSPS) is 23.4. The molecule has 1 aromatic heterocycles. The third-order valence-electron chi connectivity index (χ3n) is 4.29. The topological polar surface area (TPSA) is 37.0 Å². The van der Waals surface area contributed by atoms with Crippen molar-refractivity contribution in [2.45, 2.75) is 25.4 Å². The summed E-state index contributed by atoms with van der Waals surface area (Å²) in [5, 5.41) is 4.81. The molecule has 1 aromatic carbocycles. The second-order valence-electron chi connectivity index (χ2n) is 5.38. The van der Waals surface area contributed by atoms with Gasteiger partial charge in [-0.05, 0) is 36.6 Å². The zero-order valence-electron chi connectivity index (χ0n) is 10.5. The lowest BCUT2D eigenvalue weighted by atomic mass is 9.96. The highest BCUT2D eigenvalue weighted by atomic mass is 16.5. The molecule has 0 spiro atoms. The maximum absolute atomic E-state index is 5.60. The predicted octanol–water partition coefficient (Wildman–Crippen LogP) is 2.32. The average molecular weight is 242 g/mol. The number of aromatic nitrogens is 1. The van der Waals surface area contributed by atoms with Crippen LogP contribution in [0.2, 0.25) is 0 Å². The molecule has 0 amide bonds. The van der Waals surface area contributed by atoms with Crippen molar-refractivity contribution in [3.8, 4) is 0 Å². The van der Waals surface area contributed by atoms with Gasteiger partial charge in [-0.25, -0.2) is 0 Å². The highest BCUT2D eigenvalue weighted by molar-refractivity contribution is 5.85. The summed E-state index contributed by atoms with van der Waals surface area (Å²) >= 11 is 0. The zero-order chi connectivity index (χ0) is 11.9. The summed E-state index contributed by atoms with van der Waals surface area (Å²) in [6.45, 7) is 3.88. The van der Waals surface area contributed by atoms with Crippen molar-refractivity contribution in [3.63, 3.8) is 0 Å². The monoisotopic (exact) mass is 242 g/mol. The minimum Gasteiger partial charge on any atom is -0.376 e. The average Bonchev–Trinajstić information content (AvgIpc) is 3.05. The number of hydrogen-bond donors (Lipinski definition) is 2. The number of ether oxygens (including phenoxy) is 1. The molecule has 0 radical (unpaired) electrons. The first-order valence-corrected chi connectivity index (χ1v) is 6.83. The first kappa shape index (κ1) is 10.6. The van der Waals surface area contributed by atoms with Gasteiger partial charge < -0.3 is 15.0 Å². The molecular weight excluding hydrogens is 224 g/mol. The summed E-state index contributed by atoms with van der Waals surface area (Å²) < 4.78 is 5.60. The minimum absolute atomic E-state index is 0.685. The van der Waals surface area contributed by atoms with Crippen LogP contribution in [-0.2, 0) is 17.8 Å². The van der Waals surface area contributed by atoms with Gasteiger partial charge in [0, 0.05) is 35.1 Å². The van der Waals surface area contributed by atoms with Crippen molar-refractivity contribution in [1.82, 2.24) is 10.3 Å². The molecule has 1 unspecified atom stereocenters. The van der Waals surface area contributed by atoms with E-state index in [1.165, 1.54) is 34.1 Å². The Balaban J connectivity index is 1.83. The summed E-state index contributed by atoms with van der Waals surface area (Å²) in [6, 6.07) is 6.89. The Hall–Kier alpha value is -1.32. The molecule has 0 aliphatic carbocycles. The Morgan fingerprint density at radius 2 is 2.28 bits per heavy atom. The number of aromatic amines is 1. The van der Waals surface area contributed by atoms with Gasteiger partial charge in [0.05, 0.1) is 13.2 Å². The van der Waals surface area contributed by atoms with Crippen LogP contribution >= 0.6 is 0 Å². The quantitative estimate of drug-likeness (QED) is 0.805. The maximum Gasteiger partial charge on any atom is 0.0740 e. The molecule has 2 aromatic rings. The van der Waals surface area contributed by atoms with E-state index in [2.05, 4.69) is 28.5 Å². The minimum atomic E-state index is 0.685. The molecule has 2 N–H and O–H groups in total. The summed E-state index contributed by atoms with van der Waals surface area (Å²) in [6.07, 6.45) is 2.28. The van der Waals surface area contributed by atoms with Crippen LogP contribution in [0.4, 0.5) is 0 Å². The fraction of sp³-hybridized carbons (Fsp3) is 0.467. The van der Waals surface area contributed by atoms with Gasteiger partial charge in [0.1, 0.15) is 0 Å². The Kier molecular flexibility index (Phi) is 2.42. The predicted molar refractivity (Wildman–Crippen MR) is 71.9 cm³/mol. The number of H-pyrrole nitrogens is 1. The number of fused-ring (bicyclic) bond motifs is 3. The van der Waals surface area contributed by atoms with Gasteiger partial charge in [0.25, 0.3) is 0 Å². The van der Waals surface area contributed by atoms with E-state index in [9.17, 15) is 0 Å². The number of rotatable bonds is 1. The lowest BCUT2D eigenvalue weighted by Crippen LogP contribution is -2.08. The van der Waals surface area contributed by atoms with E-state index in [4.69, 9.17) is 4.74 Å². The Morgan fingerprint density at radius 1 is 1.28 bits per heavy atom. The molecule has 3 nitrogen and oxygen atoms in total. The SMILES string of the molecule is c1cc2[nH]c3c(c2cc1C1CCNC1)COCC3. The van der Waals surface area contributed by atoms with E-state index >= 15 is 0 Å². The molecule has 4 rings (SSSR count). The van der Waals surface area contributed by atoms with Crippen LogP contribution in [0.15, 0.2) is 18.2 Å². The molecule has 18 heavy (non-hydrogen) atoms. The summed E-state index contributed by atoms with van der Waals surface area (Å²) in [4.78, 5) is 3.54. The highest BCUT2D eigenvalue weighted by Crippen LogP contribution is 2.31. The van der Waals surface area contributed by atoms with Gasteiger partial charge in [-0.2, -0.15) is 0 Å². The molecule has 0 saturated carbocycles. The maximum atomic E-state index is 5.60. The van der Waals surface area contributed by atoms with Crippen LogP contribution in [0.5, 0.6) is 0 Å². The van der Waals surface area contributed by atoms with Gasteiger partial charge in [0.2, 0.25) is 0 Å². The third kappa shape index (κ3) is 1.58. The summed E-state index contributed by atoms with van der Waals surface area (Å²) in [5.41, 5.74) is 5.49.